The van der Waals surface area contributed by atoms with Crippen molar-refractivity contribution < 1.29 is 27.6 Å². The first kappa shape index (κ1) is 28.1. The maximum atomic E-state index is 13.7. The van der Waals surface area contributed by atoms with Crippen LogP contribution in [0, 0.1) is 0 Å². The van der Waals surface area contributed by atoms with E-state index in [1.807, 2.05) is 6.07 Å². The molecule has 3 aromatic carbocycles. The third kappa shape index (κ3) is 4.96. The quantitative estimate of drug-likeness (QED) is 0.280. The molecule has 3 aromatic rings. The number of amides is 3. The van der Waals surface area contributed by atoms with Gasteiger partial charge in [0.1, 0.15) is 0 Å². The number of ketones is 1. The van der Waals surface area contributed by atoms with E-state index in [-0.39, 0.29) is 27.6 Å². The molecule has 40 heavy (non-hydrogen) atoms. The predicted octanol–water partition coefficient (Wildman–Crippen LogP) is 4.86. The summed E-state index contributed by atoms with van der Waals surface area (Å²) in [6, 6.07) is 15.9. The Morgan fingerprint density at radius 3 is 2.10 bits per heavy atom. The second-order valence-electron chi connectivity index (χ2n) is 9.19. The van der Waals surface area contributed by atoms with Gasteiger partial charge < -0.3 is 4.90 Å². The molecule has 5 rings (SSSR count). The van der Waals surface area contributed by atoms with Gasteiger partial charge in [-0.25, -0.2) is 0 Å². The lowest BCUT2D eigenvalue weighted by Gasteiger charge is -2.36. The molecule has 0 aromatic heterocycles. The Morgan fingerprint density at radius 1 is 0.900 bits per heavy atom. The number of nitrogens with one attached hydrogen (secondary N) is 1. The maximum Gasteiger partial charge on any atom is 0.311 e. The highest BCUT2D eigenvalue weighted by Crippen LogP contribution is 2.41. The van der Waals surface area contributed by atoms with E-state index < -0.39 is 40.0 Å². The monoisotopic (exact) mass is 685 g/mol. The van der Waals surface area contributed by atoms with Gasteiger partial charge >= 0.3 is 10.2 Å². The topological polar surface area (TPSA) is 121 Å². The summed E-state index contributed by atoms with van der Waals surface area (Å²) in [5.74, 6) is -2.89. The van der Waals surface area contributed by atoms with Crippen LogP contribution >= 0.6 is 31.9 Å². The van der Waals surface area contributed by atoms with Crippen LogP contribution in [-0.4, -0.2) is 47.2 Å². The summed E-state index contributed by atoms with van der Waals surface area (Å²) < 4.78 is 30.1. The standard InChI is InChI=1S/C28H21Br2N3O6S/c1-16(31-40(38,39)33-27(36)18-9-5-6-10-19(18)28(33)37)26(35)32-14-13-20-21(29)11-12-22(30)25(20)23(32)15-24(34)17-7-3-2-4-8-17/h2-14,16,23,31H,15H2,1H3/t16-,23?/m0/s1. The summed E-state index contributed by atoms with van der Waals surface area (Å²) in [5, 5.41) is 0. The number of hydrogen-bond donors (Lipinski definition) is 1. The van der Waals surface area contributed by atoms with Crippen molar-refractivity contribution in [3.8, 4) is 0 Å². The Morgan fingerprint density at radius 2 is 1.48 bits per heavy atom. The molecule has 12 heteroatoms. The van der Waals surface area contributed by atoms with E-state index >= 15 is 0 Å². The van der Waals surface area contributed by atoms with E-state index in [0.717, 1.165) is 10.0 Å². The molecule has 204 valence electrons. The molecule has 1 N–H and O–H groups in total. The molecule has 0 bridgehead atoms. The van der Waals surface area contributed by atoms with E-state index in [9.17, 15) is 27.6 Å². The third-order valence-electron chi connectivity index (χ3n) is 6.67. The Labute approximate surface area is 247 Å². The zero-order valence-electron chi connectivity index (χ0n) is 20.9. The molecular formula is C28H21Br2N3O6S. The summed E-state index contributed by atoms with van der Waals surface area (Å²) >= 11 is 7.06. The van der Waals surface area contributed by atoms with Crippen LogP contribution in [-0.2, 0) is 15.0 Å². The minimum Gasteiger partial charge on any atom is -0.310 e. The van der Waals surface area contributed by atoms with Crippen molar-refractivity contribution in [1.29, 1.82) is 0 Å². The number of halogens is 2. The molecule has 0 saturated heterocycles. The van der Waals surface area contributed by atoms with Crippen molar-refractivity contribution in [3.05, 3.63) is 110 Å². The van der Waals surface area contributed by atoms with Gasteiger partial charge in [-0.2, -0.15) is 17.4 Å². The van der Waals surface area contributed by atoms with Gasteiger partial charge in [-0.15, -0.1) is 0 Å². The Bertz CT molecular complexity index is 1670. The van der Waals surface area contributed by atoms with Crippen LogP contribution in [0.3, 0.4) is 0 Å². The first-order valence-electron chi connectivity index (χ1n) is 12.1. The number of hydrogen-bond acceptors (Lipinski definition) is 6. The molecule has 3 amide bonds. The van der Waals surface area contributed by atoms with Gasteiger partial charge in [0.05, 0.1) is 23.2 Å². The summed E-state index contributed by atoms with van der Waals surface area (Å²) in [4.78, 5) is 53.8. The summed E-state index contributed by atoms with van der Waals surface area (Å²) in [5.41, 5.74) is 1.83. The second kappa shape index (κ2) is 10.8. The highest BCUT2D eigenvalue weighted by Gasteiger charge is 2.45. The molecule has 2 heterocycles. The average Bonchev–Trinajstić information content (AvgIpc) is 3.20. The minimum absolute atomic E-state index is 0.0395. The fourth-order valence-corrected chi connectivity index (χ4v) is 7.14. The Kier molecular flexibility index (Phi) is 7.62. The molecule has 0 spiro atoms. The van der Waals surface area contributed by atoms with E-state index in [1.54, 1.807) is 42.5 Å². The smallest absolute Gasteiger partial charge is 0.310 e. The van der Waals surface area contributed by atoms with Crippen LogP contribution in [0.2, 0.25) is 0 Å². The van der Waals surface area contributed by atoms with Gasteiger partial charge in [-0.05, 0) is 48.4 Å². The molecule has 0 fully saturated rings. The number of nitrogens with zero attached hydrogens (tertiary/aromatic N) is 2. The summed E-state index contributed by atoms with van der Waals surface area (Å²) in [7, 11) is -4.74. The van der Waals surface area contributed by atoms with Gasteiger partial charge in [-0.1, -0.05) is 74.3 Å². The van der Waals surface area contributed by atoms with Gasteiger partial charge in [0.2, 0.25) is 5.91 Å². The molecule has 0 saturated carbocycles. The average molecular weight is 687 g/mol. The fourth-order valence-electron chi connectivity index (χ4n) is 4.77. The number of fused-ring (bicyclic) bond motifs is 2. The van der Waals surface area contributed by atoms with Crippen LogP contribution in [0.5, 0.6) is 0 Å². The van der Waals surface area contributed by atoms with Crippen LogP contribution in [0.1, 0.15) is 61.6 Å². The minimum atomic E-state index is -4.74. The number of Topliss-reactive ketones (excluding diaryl/α,β-unsaturated/α-hetero) is 1. The summed E-state index contributed by atoms with van der Waals surface area (Å²) in [6.45, 7) is 1.31. The van der Waals surface area contributed by atoms with Crippen molar-refractivity contribution in [1.82, 2.24) is 13.9 Å². The van der Waals surface area contributed by atoms with Gasteiger partial charge in [-0.3, -0.25) is 19.2 Å². The molecular weight excluding hydrogens is 666 g/mol. The first-order chi connectivity index (χ1) is 19.0. The van der Waals surface area contributed by atoms with E-state index in [2.05, 4.69) is 36.6 Å². The van der Waals surface area contributed by atoms with Crippen LogP contribution < -0.4 is 4.72 Å². The van der Waals surface area contributed by atoms with Crippen molar-refractivity contribution >= 4 is 71.7 Å². The van der Waals surface area contributed by atoms with Gasteiger partial charge in [0.15, 0.2) is 5.78 Å². The van der Waals surface area contributed by atoms with Gasteiger partial charge in [0.25, 0.3) is 11.8 Å². The molecule has 0 aliphatic carbocycles. The lowest BCUT2D eigenvalue weighted by Crippen LogP contribution is -2.52. The summed E-state index contributed by atoms with van der Waals surface area (Å²) in [6.07, 6.45) is 3.11. The van der Waals surface area contributed by atoms with Crippen LogP contribution in [0.15, 0.2) is 81.9 Å². The number of imide groups is 1. The zero-order chi connectivity index (χ0) is 28.8. The van der Waals surface area contributed by atoms with Crippen molar-refractivity contribution in [2.45, 2.75) is 25.4 Å². The van der Waals surface area contributed by atoms with Gasteiger partial charge in [0, 0.05) is 27.1 Å². The SMILES string of the molecule is C[C@H](NS(=O)(=O)N1C(=O)c2ccccc2C1=O)C(=O)N1C=Cc2c(Br)ccc(Br)c2C1CC(=O)c1ccccc1. The van der Waals surface area contributed by atoms with Crippen molar-refractivity contribution in [2.24, 2.45) is 0 Å². The highest BCUT2D eigenvalue weighted by atomic mass is 79.9. The molecule has 2 aliphatic heterocycles. The lowest BCUT2D eigenvalue weighted by atomic mass is 9.90. The lowest BCUT2D eigenvalue weighted by molar-refractivity contribution is -0.132. The normalized spacial score (nSPS) is 17.0. The first-order valence-corrected chi connectivity index (χ1v) is 15.1. The molecule has 9 nitrogen and oxygen atoms in total. The number of benzene rings is 3. The third-order valence-corrected chi connectivity index (χ3v) is 9.52. The van der Waals surface area contributed by atoms with E-state index in [0.29, 0.717) is 15.6 Å². The maximum absolute atomic E-state index is 13.7. The molecule has 0 radical (unpaired) electrons. The molecule has 2 atom stereocenters. The Hall–Kier alpha value is -3.45. The second-order valence-corrected chi connectivity index (χ2v) is 12.5. The fraction of sp³-hybridized carbons (Fsp3) is 0.143. The van der Waals surface area contributed by atoms with Crippen LogP contribution in [0.25, 0.3) is 6.08 Å². The zero-order valence-corrected chi connectivity index (χ0v) is 24.9. The van der Waals surface area contributed by atoms with Crippen molar-refractivity contribution in [2.75, 3.05) is 0 Å². The highest BCUT2D eigenvalue weighted by molar-refractivity contribution is 9.11. The number of carbonyl (C=O) groups excluding carboxylic acids is 4. The molecule has 2 aliphatic rings. The number of carbonyl (C=O) groups is 4. The van der Waals surface area contributed by atoms with Crippen LogP contribution in [0.4, 0.5) is 0 Å². The number of rotatable bonds is 7. The molecule has 1 unspecified atom stereocenters. The van der Waals surface area contributed by atoms with Crippen molar-refractivity contribution in [3.63, 3.8) is 0 Å². The van der Waals surface area contributed by atoms with E-state index in [4.69, 9.17) is 0 Å². The predicted molar refractivity (Wildman–Crippen MR) is 154 cm³/mol. The van der Waals surface area contributed by atoms with E-state index in [1.165, 1.54) is 42.3 Å². The largest absolute Gasteiger partial charge is 0.311 e. The Balaban J connectivity index is 1.44.